The lowest BCUT2D eigenvalue weighted by Gasteiger charge is -2.03. The van der Waals surface area contributed by atoms with Crippen LogP contribution in [0.2, 0.25) is 5.02 Å². The zero-order valence-electron chi connectivity index (χ0n) is 15.4. The third-order valence-corrected chi connectivity index (χ3v) is 5.01. The average Bonchev–Trinajstić information content (AvgIpc) is 3.34. The molecule has 7 heteroatoms. The van der Waals surface area contributed by atoms with E-state index in [-0.39, 0.29) is 0 Å². The van der Waals surface area contributed by atoms with Gasteiger partial charge in [-0.15, -0.1) is 5.10 Å². The van der Waals surface area contributed by atoms with Crippen LogP contribution in [-0.4, -0.2) is 24.4 Å². The normalized spacial score (nSPS) is 11.2. The van der Waals surface area contributed by atoms with Gasteiger partial charge in [-0.3, -0.25) is 4.40 Å². The second kappa shape index (κ2) is 7.07. The van der Waals surface area contributed by atoms with Gasteiger partial charge in [0, 0.05) is 22.5 Å². The Hall–Kier alpha value is -3.64. The summed E-state index contributed by atoms with van der Waals surface area (Å²) < 4.78 is 3.84. The number of pyridine rings is 1. The van der Waals surface area contributed by atoms with E-state index in [4.69, 9.17) is 22.3 Å². The molecule has 0 amide bonds. The lowest BCUT2D eigenvalue weighted by molar-refractivity contribution is 0.650. The molecule has 3 heterocycles. The maximum Gasteiger partial charge on any atom is 0.137 e. The maximum absolute atomic E-state index is 6.07. The number of nitrogen functional groups attached to an aromatic ring is 1. The van der Waals surface area contributed by atoms with Crippen molar-refractivity contribution in [1.29, 1.82) is 0 Å². The highest BCUT2D eigenvalue weighted by Crippen LogP contribution is 2.32. The van der Waals surface area contributed by atoms with Crippen molar-refractivity contribution in [1.82, 2.24) is 24.4 Å². The molecule has 6 nitrogen and oxygen atoms in total. The van der Waals surface area contributed by atoms with Crippen LogP contribution in [0.3, 0.4) is 0 Å². The Balaban J connectivity index is 1.59. The molecule has 0 unspecified atom stereocenters. The number of aromatic nitrogens is 5. The summed E-state index contributed by atoms with van der Waals surface area (Å²) >= 11 is 6.07. The molecule has 2 aromatic carbocycles. The molecule has 5 aromatic rings. The summed E-state index contributed by atoms with van der Waals surface area (Å²) in [6, 6.07) is 21.3. The van der Waals surface area contributed by atoms with Gasteiger partial charge in [0.05, 0.1) is 18.4 Å². The highest BCUT2D eigenvalue weighted by atomic mass is 35.5. The van der Waals surface area contributed by atoms with Crippen LogP contribution < -0.4 is 5.73 Å². The van der Waals surface area contributed by atoms with Crippen molar-refractivity contribution in [2.24, 2.45) is 0 Å². The van der Waals surface area contributed by atoms with Gasteiger partial charge in [0.25, 0.3) is 0 Å². The van der Waals surface area contributed by atoms with Crippen molar-refractivity contribution in [3.63, 3.8) is 0 Å². The van der Waals surface area contributed by atoms with Crippen molar-refractivity contribution in [2.45, 2.75) is 6.54 Å². The zero-order valence-corrected chi connectivity index (χ0v) is 16.2. The lowest BCUT2D eigenvalue weighted by Crippen LogP contribution is -2.00. The predicted octanol–water partition coefficient (Wildman–Crippen LogP) is 4.54. The smallest absolute Gasteiger partial charge is 0.137 e. The zero-order chi connectivity index (χ0) is 19.8. The second-order valence-corrected chi connectivity index (χ2v) is 7.22. The summed E-state index contributed by atoms with van der Waals surface area (Å²) in [5.41, 5.74) is 11.9. The first-order chi connectivity index (χ1) is 14.2. The monoisotopic (exact) mass is 400 g/mol. The van der Waals surface area contributed by atoms with Crippen LogP contribution in [0.15, 0.2) is 79.1 Å². The first kappa shape index (κ1) is 17.5. The van der Waals surface area contributed by atoms with Crippen LogP contribution in [0.1, 0.15) is 5.56 Å². The van der Waals surface area contributed by atoms with E-state index in [0.29, 0.717) is 11.6 Å². The van der Waals surface area contributed by atoms with Crippen LogP contribution in [0, 0.1) is 0 Å². The molecule has 5 rings (SSSR count). The van der Waals surface area contributed by atoms with Crippen LogP contribution in [0.4, 0.5) is 5.69 Å². The van der Waals surface area contributed by atoms with Crippen molar-refractivity contribution < 1.29 is 0 Å². The summed E-state index contributed by atoms with van der Waals surface area (Å²) in [6.45, 7) is 0.611. The molecule has 0 atom stereocenters. The molecule has 0 radical (unpaired) electrons. The van der Waals surface area contributed by atoms with E-state index >= 15 is 0 Å². The molecule has 142 valence electrons. The van der Waals surface area contributed by atoms with Crippen molar-refractivity contribution in [2.75, 3.05) is 5.73 Å². The quantitative estimate of drug-likeness (QED) is 0.449. The van der Waals surface area contributed by atoms with Gasteiger partial charge in [0.2, 0.25) is 0 Å². The van der Waals surface area contributed by atoms with E-state index in [2.05, 4.69) is 10.3 Å². The van der Waals surface area contributed by atoms with Gasteiger partial charge in [0.1, 0.15) is 17.0 Å². The van der Waals surface area contributed by atoms with E-state index in [9.17, 15) is 0 Å². The largest absolute Gasteiger partial charge is 0.399 e. The van der Waals surface area contributed by atoms with Gasteiger partial charge in [-0.2, -0.15) is 0 Å². The Morgan fingerprint density at radius 1 is 0.931 bits per heavy atom. The Bertz CT molecular complexity index is 1290. The summed E-state index contributed by atoms with van der Waals surface area (Å²) in [6.07, 6.45) is 3.92. The highest BCUT2D eigenvalue weighted by molar-refractivity contribution is 6.30. The van der Waals surface area contributed by atoms with E-state index in [0.717, 1.165) is 39.5 Å². The number of fused-ring (bicyclic) bond motifs is 1. The Kier molecular flexibility index (Phi) is 4.26. The molecular formula is C22H17ClN6. The van der Waals surface area contributed by atoms with Crippen LogP contribution in [0.5, 0.6) is 0 Å². The van der Waals surface area contributed by atoms with Crippen LogP contribution in [-0.2, 0) is 6.54 Å². The third kappa shape index (κ3) is 3.34. The van der Waals surface area contributed by atoms with Gasteiger partial charge < -0.3 is 5.73 Å². The molecule has 0 spiro atoms. The molecule has 0 fully saturated rings. The van der Waals surface area contributed by atoms with Gasteiger partial charge in [-0.05, 0) is 42.0 Å². The Morgan fingerprint density at radius 3 is 2.52 bits per heavy atom. The molecule has 3 aromatic heterocycles. The number of hydrogen-bond donors (Lipinski definition) is 1. The summed E-state index contributed by atoms with van der Waals surface area (Å²) in [5, 5.41) is 9.43. The molecular weight excluding hydrogens is 384 g/mol. The number of nitrogens with zero attached hydrogens (tertiary/aromatic N) is 5. The standard InChI is InChI=1S/C22H17ClN6/c23-17-8-6-16(7-9-17)21-22(29-12-2-1-3-20(29)25-21)19-14-28(27-26-19)13-15-4-10-18(24)11-5-15/h1-12,14H,13,24H2. The Morgan fingerprint density at radius 2 is 1.72 bits per heavy atom. The fraction of sp³-hybridized carbons (Fsp3) is 0.0455. The molecule has 0 bridgehead atoms. The van der Waals surface area contributed by atoms with Crippen molar-refractivity contribution in [3.8, 4) is 22.6 Å². The van der Waals surface area contributed by atoms with Gasteiger partial charge >= 0.3 is 0 Å². The molecule has 0 aliphatic heterocycles. The second-order valence-electron chi connectivity index (χ2n) is 6.79. The van der Waals surface area contributed by atoms with E-state index in [1.807, 2.05) is 88.2 Å². The first-order valence-electron chi connectivity index (χ1n) is 9.15. The summed E-state index contributed by atoms with van der Waals surface area (Å²) in [5.74, 6) is 0. The summed E-state index contributed by atoms with van der Waals surface area (Å²) in [7, 11) is 0. The SMILES string of the molecule is Nc1ccc(Cn2cc(-c3c(-c4ccc(Cl)cc4)nc4ccccn34)nn2)cc1. The lowest BCUT2D eigenvalue weighted by atomic mass is 10.1. The van der Waals surface area contributed by atoms with Gasteiger partial charge in [-0.25, -0.2) is 9.67 Å². The molecule has 0 aliphatic rings. The number of anilines is 1. The number of halogens is 1. The van der Waals surface area contributed by atoms with E-state index in [1.54, 1.807) is 0 Å². The molecule has 0 aliphatic carbocycles. The van der Waals surface area contributed by atoms with Crippen LogP contribution >= 0.6 is 11.6 Å². The van der Waals surface area contributed by atoms with Crippen LogP contribution in [0.25, 0.3) is 28.3 Å². The minimum absolute atomic E-state index is 0.611. The highest BCUT2D eigenvalue weighted by Gasteiger charge is 2.18. The molecule has 0 saturated carbocycles. The number of nitrogens with two attached hydrogens (primary N) is 1. The molecule has 2 N–H and O–H groups in total. The number of hydrogen-bond acceptors (Lipinski definition) is 4. The minimum Gasteiger partial charge on any atom is -0.399 e. The minimum atomic E-state index is 0.611. The fourth-order valence-corrected chi connectivity index (χ4v) is 3.47. The molecule has 29 heavy (non-hydrogen) atoms. The van der Waals surface area contributed by atoms with Gasteiger partial charge in [0.15, 0.2) is 0 Å². The summed E-state index contributed by atoms with van der Waals surface area (Å²) in [4.78, 5) is 4.82. The van der Waals surface area contributed by atoms with Gasteiger partial charge in [-0.1, -0.05) is 47.1 Å². The Labute approximate surface area is 172 Å². The third-order valence-electron chi connectivity index (χ3n) is 4.75. The van der Waals surface area contributed by atoms with Crippen molar-refractivity contribution in [3.05, 3.63) is 89.7 Å². The number of benzene rings is 2. The van der Waals surface area contributed by atoms with E-state index < -0.39 is 0 Å². The van der Waals surface area contributed by atoms with Crippen molar-refractivity contribution >= 4 is 22.9 Å². The average molecular weight is 401 g/mol. The fourth-order valence-electron chi connectivity index (χ4n) is 3.34. The first-order valence-corrected chi connectivity index (χ1v) is 9.53. The predicted molar refractivity (Wildman–Crippen MR) is 115 cm³/mol. The maximum atomic E-state index is 6.07. The molecule has 0 saturated heterocycles. The van der Waals surface area contributed by atoms with E-state index in [1.165, 1.54) is 0 Å². The topological polar surface area (TPSA) is 74.0 Å². The number of imidazole rings is 1. The number of rotatable bonds is 4.